The molecule has 1 aromatic heterocycles. The van der Waals surface area contributed by atoms with Gasteiger partial charge in [-0.15, -0.1) is 0 Å². The van der Waals surface area contributed by atoms with Crippen molar-refractivity contribution in [3.8, 4) is 0 Å². The van der Waals surface area contributed by atoms with Crippen molar-refractivity contribution in [3.63, 3.8) is 0 Å². The summed E-state index contributed by atoms with van der Waals surface area (Å²) in [6, 6.07) is 6.35. The summed E-state index contributed by atoms with van der Waals surface area (Å²) >= 11 is 0. The van der Waals surface area contributed by atoms with Crippen molar-refractivity contribution >= 4 is 5.91 Å². The second-order valence-electron chi connectivity index (χ2n) is 7.39. The predicted octanol–water partition coefficient (Wildman–Crippen LogP) is 1.41. The quantitative estimate of drug-likeness (QED) is 0.882. The molecule has 0 aromatic carbocycles. The van der Waals surface area contributed by atoms with Crippen LogP contribution >= 0.6 is 0 Å². The molecule has 2 N–H and O–H groups in total. The number of carbonyl (C=O) groups excluding carboxylic acids is 1. The highest BCUT2D eigenvalue weighted by Gasteiger charge is 2.38. The van der Waals surface area contributed by atoms with Gasteiger partial charge < -0.3 is 10.6 Å². The van der Waals surface area contributed by atoms with E-state index in [1.807, 2.05) is 18.3 Å². The summed E-state index contributed by atoms with van der Waals surface area (Å²) in [5.74, 6) is 0.687. The lowest BCUT2D eigenvalue weighted by atomic mass is 9.86. The Morgan fingerprint density at radius 2 is 2.39 bits per heavy atom. The van der Waals surface area contributed by atoms with Crippen molar-refractivity contribution in [1.82, 2.24) is 20.5 Å². The minimum atomic E-state index is -0.231. The van der Waals surface area contributed by atoms with Crippen molar-refractivity contribution in [3.05, 3.63) is 30.1 Å². The molecule has 23 heavy (non-hydrogen) atoms. The topological polar surface area (TPSA) is 57.3 Å². The van der Waals surface area contributed by atoms with Crippen LogP contribution in [0.5, 0.6) is 0 Å². The van der Waals surface area contributed by atoms with E-state index in [4.69, 9.17) is 0 Å². The zero-order chi connectivity index (χ0) is 16.3. The minimum Gasteiger partial charge on any atom is -0.352 e. The molecule has 1 amide bonds. The van der Waals surface area contributed by atoms with Crippen molar-refractivity contribution in [1.29, 1.82) is 0 Å². The van der Waals surface area contributed by atoms with Gasteiger partial charge >= 0.3 is 0 Å². The van der Waals surface area contributed by atoms with Crippen LogP contribution in [-0.2, 0) is 11.3 Å². The third kappa shape index (κ3) is 3.90. The van der Waals surface area contributed by atoms with Gasteiger partial charge in [-0.2, -0.15) is 0 Å². The van der Waals surface area contributed by atoms with Crippen LogP contribution < -0.4 is 10.6 Å². The third-order valence-corrected chi connectivity index (χ3v) is 5.33. The zero-order valence-electron chi connectivity index (χ0n) is 14.2. The summed E-state index contributed by atoms with van der Waals surface area (Å²) < 4.78 is 0. The first-order valence-electron chi connectivity index (χ1n) is 8.71. The van der Waals surface area contributed by atoms with Crippen LogP contribution in [0.3, 0.4) is 0 Å². The van der Waals surface area contributed by atoms with Crippen LogP contribution in [0.2, 0.25) is 0 Å². The van der Waals surface area contributed by atoms with Crippen molar-refractivity contribution in [2.75, 3.05) is 26.2 Å². The Morgan fingerprint density at radius 3 is 3.04 bits per heavy atom. The number of amides is 1. The number of pyridine rings is 1. The average molecular weight is 316 g/mol. The zero-order valence-corrected chi connectivity index (χ0v) is 14.2. The van der Waals surface area contributed by atoms with E-state index >= 15 is 0 Å². The number of piperidine rings is 1. The van der Waals surface area contributed by atoms with Gasteiger partial charge in [-0.05, 0) is 44.4 Å². The maximum atomic E-state index is 12.6. The summed E-state index contributed by atoms with van der Waals surface area (Å²) in [5.41, 5.74) is 0.886. The van der Waals surface area contributed by atoms with Gasteiger partial charge in [-0.25, -0.2) is 0 Å². The molecule has 0 radical (unpaired) electrons. The van der Waals surface area contributed by atoms with Crippen LogP contribution in [0.1, 0.15) is 32.4 Å². The second-order valence-corrected chi connectivity index (χ2v) is 7.39. The molecule has 1 aromatic rings. The van der Waals surface area contributed by atoms with E-state index in [1.165, 1.54) is 0 Å². The molecular formula is C18H28N4O. The molecule has 0 spiro atoms. The van der Waals surface area contributed by atoms with E-state index in [-0.39, 0.29) is 11.3 Å². The lowest BCUT2D eigenvalue weighted by molar-refractivity contribution is -0.130. The maximum Gasteiger partial charge on any atom is 0.227 e. The van der Waals surface area contributed by atoms with Crippen LogP contribution in [0.4, 0.5) is 0 Å². The van der Waals surface area contributed by atoms with Crippen molar-refractivity contribution in [2.45, 2.75) is 39.3 Å². The number of hydrogen-bond acceptors (Lipinski definition) is 4. The van der Waals surface area contributed by atoms with Crippen LogP contribution in [-0.4, -0.2) is 48.0 Å². The Kier molecular flexibility index (Phi) is 4.97. The molecule has 5 nitrogen and oxygen atoms in total. The normalized spacial score (nSPS) is 31.9. The highest BCUT2D eigenvalue weighted by molar-refractivity contribution is 5.83. The number of nitrogens with zero attached hydrogens (tertiary/aromatic N) is 2. The van der Waals surface area contributed by atoms with E-state index < -0.39 is 0 Å². The smallest absolute Gasteiger partial charge is 0.227 e. The van der Waals surface area contributed by atoms with Gasteiger partial charge in [0.2, 0.25) is 5.91 Å². The summed E-state index contributed by atoms with van der Waals surface area (Å²) in [7, 11) is 0. The molecule has 2 aliphatic heterocycles. The van der Waals surface area contributed by atoms with Crippen molar-refractivity contribution < 1.29 is 4.79 Å². The fourth-order valence-corrected chi connectivity index (χ4v) is 3.66. The number of rotatable bonds is 4. The summed E-state index contributed by atoms with van der Waals surface area (Å²) in [4.78, 5) is 19.4. The molecule has 0 unspecified atom stereocenters. The molecule has 3 atom stereocenters. The standard InChI is InChI=1S/C18H28N4O/c1-14-11-22(12-15-5-3-4-8-20-15)10-6-16(14)21-17(23)18(2)7-9-19-13-18/h3-5,8,14,16,19H,6-7,9-13H2,1-2H3,(H,21,23)/t14-,16+,18-/m1/s1. The molecule has 3 rings (SSSR count). The Labute approximate surface area is 138 Å². The summed E-state index contributed by atoms with van der Waals surface area (Å²) in [6.45, 7) is 8.98. The molecule has 5 heteroatoms. The molecular weight excluding hydrogens is 288 g/mol. The second kappa shape index (κ2) is 6.97. The van der Waals surface area contributed by atoms with Crippen molar-refractivity contribution in [2.24, 2.45) is 11.3 Å². The highest BCUT2D eigenvalue weighted by atomic mass is 16.2. The molecule has 2 saturated heterocycles. The lowest BCUT2D eigenvalue weighted by Crippen LogP contribution is -2.53. The van der Waals surface area contributed by atoms with Gasteiger partial charge in [-0.1, -0.05) is 13.0 Å². The maximum absolute atomic E-state index is 12.6. The third-order valence-electron chi connectivity index (χ3n) is 5.33. The van der Waals surface area contributed by atoms with E-state index in [9.17, 15) is 4.79 Å². The van der Waals surface area contributed by atoms with E-state index in [0.717, 1.165) is 51.3 Å². The first kappa shape index (κ1) is 16.4. The molecule has 0 aliphatic carbocycles. The lowest BCUT2D eigenvalue weighted by Gasteiger charge is -2.38. The number of hydrogen-bond donors (Lipinski definition) is 2. The van der Waals surface area contributed by atoms with E-state index in [2.05, 4.69) is 40.4 Å². The number of carbonyl (C=O) groups is 1. The Bertz CT molecular complexity index is 527. The first-order chi connectivity index (χ1) is 11.1. The fraction of sp³-hybridized carbons (Fsp3) is 0.667. The van der Waals surface area contributed by atoms with Gasteiger partial charge in [0, 0.05) is 38.4 Å². The highest BCUT2D eigenvalue weighted by Crippen LogP contribution is 2.26. The molecule has 126 valence electrons. The van der Waals surface area contributed by atoms with Gasteiger partial charge in [0.15, 0.2) is 0 Å². The largest absolute Gasteiger partial charge is 0.352 e. The van der Waals surface area contributed by atoms with Gasteiger partial charge in [0.25, 0.3) is 0 Å². The van der Waals surface area contributed by atoms with Crippen LogP contribution in [0.25, 0.3) is 0 Å². The van der Waals surface area contributed by atoms with Gasteiger partial charge in [0.05, 0.1) is 11.1 Å². The summed E-state index contributed by atoms with van der Waals surface area (Å²) in [5, 5.41) is 6.61. The fourth-order valence-electron chi connectivity index (χ4n) is 3.66. The van der Waals surface area contributed by atoms with E-state index in [0.29, 0.717) is 12.0 Å². The molecule has 2 fully saturated rings. The van der Waals surface area contributed by atoms with Crippen LogP contribution in [0.15, 0.2) is 24.4 Å². The van der Waals surface area contributed by atoms with Gasteiger partial charge in [-0.3, -0.25) is 14.7 Å². The number of aromatic nitrogens is 1. The summed E-state index contributed by atoms with van der Waals surface area (Å²) in [6.07, 6.45) is 3.80. The number of nitrogens with one attached hydrogen (secondary N) is 2. The monoisotopic (exact) mass is 316 g/mol. The number of likely N-dealkylation sites (tertiary alicyclic amines) is 1. The predicted molar refractivity (Wildman–Crippen MR) is 90.8 cm³/mol. The molecule has 0 saturated carbocycles. The Hall–Kier alpha value is -1.46. The van der Waals surface area contributed by atoms with E-state index in [1.54, 1.807) is 0 Å². The first-order valence-corrected chi connectivity index (χ1v) is 8.71. The Morgan fingerprint density at radius 1 is 1.52 bits per heavy atom. The minimum absolute atomic E-state index is 0.220. The molecule has 0 bridgehead atoms. The van der Waals surface area contributed by atoms with Crippen LogP contribution in [0, 0.1) is 11.3 Å². The SMILES string of the molecule is C[C@@H]1CN(Cc2ccccn2)CC[C@@H]1NC(=O)[C@]1(C)CCNC1. The molecule has 2 aliphatic rings. The Balaban J connectivity index is 1.51. The average Bonchev–Trinajstić information content (AvgIpc) is 2.99. The van der Waals surface area contributed by atoms with Gasteiger partial charge in [0.1, 0.15) is 0 Å². The molecule has 3 heterocycles.